The smallest absolute Gasteiger partial charge is 0.429 e. The van der Waals surface area contributed by atoms with Gasteiger partial charge in [0.25, 0.3) is 0 Å². The molecule has 2 unspecified atom stereocenters. The average Bonchev–Trinajstić information content (AvgIpc) is 3.21. The van der Waals surface area contributed by atoms with Gasteiger partial charge in [0.2, 0.25) is 0 Å². The lowest BCUT2D eigenvalue weighted by atomic mass is 9.72. The van der Waals surface area contributed by atoms with E-state index in [-0.39, 0.29) is 17.7 Å². The molecule has 0 aromatic heterocycles. The average molecular weight is 607 g/mol. The zero-order valence-corrected chi connectivity index (χ0v) is 24.3. The number of alkyl halides is 2. The highest BCUT2D eigenvalue weighted by atomic mass is 19.3. The molecule has 43 heavy (non-hydrogen) atoms. The highest BCUT2D eigenvalue weighted by Crippen LogP contribution is 2.44. The molecule has 2 fully saturated rings. The second-order valence-electron chi connectivity index (χ2n) is 12.3. The summed E-state index contributed by atoms with van der Waals surface area (Å²) in [7, 11) is 0. The van der Waals surface area contributed by atoms with Crippen LogP contribution in [0.1, 0.15) is 94.6 Å². The van der Waals surface area contributed by atoms with Crippen molar-refractivity contribution in [3.63, 3.8) is 0 Å². The van der Waals surface area contributed by atoms with Crippen LogP contribution in [0.2, 0.25) is 0 Å². The zero-order chi connectivity index (χ0) is 30.7. The van der Waals surface area contributed by atoms with Crippen molar-refractivity contribution < 1.29 is 35.5 Å². The van der Waals surface area contributed by atoms with Crippen LogP contribution in [0.4, 0.5) is 30.7 Å². The fourth-order valence-electron chi connectivity index (χ4n) is 7.26. The molecule has 8 heteroatoms. The molecule has 2 aliphatic carbocycles. The van der Waals surface area contributed by atoms with Crippen LogP contribution in [0, 0.1) is 46.8 Å². The first kappa shape index (κ1) is 31.4. The summed E-state index contributed by atoms with van der Waals surface area (Å²) < 4.78 is 103. The third-order valence-electron chi connectivity index (χ3n) is 9.52. The van der Waals surface area contributed by atoms with Gasteiger partial charge >= 0.3 is 6.11 Å². The minimum absolute atomic E-state index is 0.0541. The zero-order valence-electron chi connectivity index (χ0n) is 24.3. The maximum absolute atomic E-state index is 14.9. The highest BCUT2D eigenvalue weighted by molar-refractivity contribution is 5.64. The van der Waals surface area contributed by atoms with Gasteiger partial charge in [0.1, 0.15) is 22.9 Å². The molecule has 0 saturated heterocycles. The monoisotopic (exact) mass is 606 g/mol. The lowest BCUT2D eigenvalue weighted by Gasteiger charge is -2.34. The fraction of sp³-hybridized carbons (Fsp3) is 0.486. The van der Waals surface area contributed by atoms with Crippen molar-refractivity contribution in [2.24, 2.45) is 17.8 Å². The maximum atomic E-state index is 14.9. The summed E-state index contributed by atoms with van der Waals surface area (Å²) in [5, 5.41) is 0. The van der Waals surface area contributed by atoms with Crippen LogP contribution in [0.5, 0.6) is 5.75 Å². The van der Waals surface area contributed by atoms with E-state index in [1.54, 1.807) is 12.1 Å². The Kier molecular flexibility index (Phi) is 9.72. The molecule has 3 aromatic carbocycles. The van der Waals surface area contributed by atoms with Crippen molar-refractivity contribution in [2.45, 2.75) is 89.6 Å². The molecule has 0 bridgehead atoms. The van der Waals surface area contributed by atoms with E-state index in [0.29, 0.717) is 11.5 Å². The predicted molar refractivity (Wildman–Crippen MR) is 152 cm³/mol. The molecule has 0 amide bonds. The largest absolute Gasteiger partial charge is 0.432 e. The minimum atomic E-state index is -4.62. The summed E-state index contributed by atoms with van der Waals surface area (Å²) in [6.45, 7) is 2.27. The van der Waals surface area contributed by atoms with E-state index in [9.17, 15) is 30.7 Å². The Morgan fingerprint density at radius 1 is 0.674 bits per heavy atom. The summed E-state index contributed by atoms with van der Waals surface area (Å²) in [6, 6.07) is 9.19. The number of rotatable bonds is 8. The standard InChI is InChI=1S/C35H37F7O/c1-2-4-21-5-3-6-22(8-7-21)23-9-11-24(12-10-23)25-13-15-26(16-14-25)27-17-29(36)33(30(37)18-27)35(41,42)43-28-19-31(38)34(40)32(39)20-28/h13-24H,2-12H2,1H3. The Morgan fingerprint density at radius 2 is 1.26 bits per heavy atom. The van der Waals surface area contributed by atoms with Gasteiger partial charge in [-0.1, -0.05) is 69.7 Å². The van der Waals surface area contributed by atoms with Gasteiger partial charge in [0.05, 0.1) is 0 Å². The first-order valence-electron chi connectivity index (χ1n) is 15.4. The lowest BCUT2D eigenvalue weighted by Crippen LogP contribution is -2.25. The molecule has 232 valence electrons. The van der Waals surface area contributed by atoms with Crippen LogP contribution >= 0.6 is 0 Å². The van der Waals surface area contributed by atoms with Crippen LogP contribution in [-0.4, -0.2) is 0 Å². The summed E-state index contributed by atoms with van der Waals surface area (Å²) >= 11 is 0. The minimum Gasteiger partial charge on any atom is -0.429 e. The Hall–Kier alpha value is -3.03. The molecule has 0 aliphatic heterocycles. The number of halogens is 7. The van der Waals surface area contributed by atoms with Gasteiger partial charge in [0.15, 0.2) is 17.5 Å². The molecule has 0 radical (unpaired) electrons. The molecule has 5 rings (SSSR count). The van der Waals surface area contributed by atoms with Crippen LogP contribution in [-0.2, 0) is 6.11 Å². The van der Waals surface area contributed by atoms with Crippen molar-refractivity contribution in [1.82, 2.24) is 0 Å². The molecule has 2 atom stereocenters. The van der Waals surface area contributed by atoms with Gasteiger partial charge in [-0.3, -0.25) is 0 Å². The van der Waals surface area contributed by atoms with Crippen LogP contribution in [0.25, 0.3) is 11.1 Å². The number of hydrogen-bond acceptors (Lipinski definition) is 1. The molecule has 0 heterocycles. The summed E-state index contributed by atoms with van der Waals surface area (Å²) in [6.07, 6.45) is 9.39. The van der Waals surface area contributed by atoms with E-state index in [0.717, 1.165) is 48.3 Å². The number of benzene rings is 3. The molecule has 0 spiro atoms. The van der Waals surface area contributed by atoms with Crippen molar-refractivity contribution in [3.05, 3.63) is 88.7 Å². The van der Waals surface area contributed by atoms with E-state index in [1.807, 2.05) is 12.1 Å². The van der Waals surface area contributed by atoms with Gasteiger partial charge in [-0.15, -0.1) is 0 Å². The maximum Gasteiger partial charge on any atom is 0.432 e. The molecule has 1 nitrogen and oxygen atoms in total. The molecule has 0 N–H and O–H groups in total. The van der Waals surface area contributed by atoms with Gasteiger partial charge in [-0.2, -0.15) is 8.78 Å². The van der Waals surface area contributed by atoms with Gasteiger partial charge in [-0.25, -0.2) is 22.0 Å². The fourth-order valence-corrected chi connectivity index (χ4v) is 7.26. The Balaban J connectivity index is 1.23. The first-order valence-corrected chi connectivity index (χ1v) is 15.4. The van der Waals surface area contributed by atoms with Gasteiger partial charge < -0.3 is 4.74 Å². The highest BCUT2D eigenvalue weighted by Gasteiger charge is 2.41. The van der Waals surface area contributed by atoms with Crippen molar-refractivity contribution in [2.75, 3.05) is 0 Å². The van der Waals surface area contributed by atoms with E-state index in [4.69, 9.17) is 0 Å². The molecular weight excluding hydrogens is 569 g/mol. The number of ether oxygens (including phenoxy) is 1. The normalized spacial score (nSPS) is 23.2. The summed E-state index contributed by atoms with van der Waals surface area (Å²) in [5.41, 5.74) is -0.0566. The molecule has 2 saturated carbocycles. The van der Waals surface area contributed by atoms with Crippen LogP contribution in [0.15, 0.2) is 48.5 Å². The molecule has 2 aliphatic rings. The van der Waals surface area contributed by atoms with Crippen LogP contribution < -0.4 is 4.74 Å². The van der Waals surface area contributed by atoms with Gasteiger partial charge in [-0.05, 0) is 84.6 Å². The first-order chi connectivity index (χ1) is 20.6. The summed E-state index contributed by atoms with van der Waals surface area (Å²) in [4.78, 5) is 0. The van der Waals surface area contributed by atoms with Crippen molar-refractivity contribution in [1.29, 1.82) is 0 Å². The molecule has 3 aromatic rings. The third-order valence-corrected chi connectivity index (χ3v) is 9.52. The summed E-state index contributed by atoms with van der Waals surface area (Å²) in [5.74, 6) is -6.83. The Labute approximate surface area is 248 Å². The quantitative estimate of drug-likeness (QED) is 0.141. The van der Waals surface area contributed by atoms with Crippen molar-refractivity contribution >= 4 is 0 Å². The Bertz CT molecular complexity index is 1350. The van der Waals surface area contributed by atoms with E-state index in [2.05, 4.69) is 11.7 Å². The Morgan fingerprint density at radius 3 is 1.86 bits per heavy atom. The third kappa shape index (κ3) is 7.21. The van der Waals surface area contributed by atoms with E-state index < -0.39 is 46.5 Å². The van der Waals surface area contributed by atoms with E-state index >= 15 is 0 Å². The number of hydrogen-bond donors (Lipinski definition) is 0. The lowest BCUT2D eigenvalue weighted by molar-refractivity contribution is -0.189. The van der Waals surface area contributed by atoms with Crippen molar-refractivity contribution in [3.8, 4) is 16.9 Å². The second kappa shape index (κ2) is 13.3. The van der Waals surface area contributed by atoms with Crippen LogP contribution in [0.3, 0.4) is 0 Å². The van der Waals surface area contributed by atoms with Gasteiger partial charge in [0, 0.05) is 12.1 Å². The predicted octanol–water partition coefficient (Wildman–Crippen LogP) is 11.4. The topological polar surface area (TPSA) is 9.23 Å². The molecular formula is C35H37F7O. The van der Waals surface area contributed by atoms with E-state index in [1.165, 1.54) is 57.8 Å². The SMILES string of the molecule is CCCC1CCCC(C2CCC(c3ccc(-c4cc(F)c(C(F)(F)Oc5cc(F)c(F)c(F)c5)c(F)c4)cc3)CC2)CC1. The second-order valence-corrected chi connectivity index (χ2v) is 12.3.